The largest absolute Gasteiger partial charge is 0.497 e. The van der Waals surface area contributed by atoms with E-state index in [4.69, 9.17) is 9.84 Å². The molecule has 0 saturated carbocycles. The third kappa shape index (κ3) is 4.70. The molecule has 0 aromatic heterocycles. The van der Waals surface area contributed by atoms with Crippen molar-refractivity contribution in [1.29, 1.82) is 0 Å². The number of carbonyl (C=O) groups excluding carboxylic acids is 1. The molecule has 1 amide bonds. The van der Waals surface area contributed by atoms with Crippen LogP contribution >= 0.6 is 0 Å². The number of ether oxygens (including phenoxy) is 1. The summed E-state index contributed by atoms with van der Waals surface area (Å²) in [4.78, 5) is 11.4. The standard InChI is InChI=1S/C13H17NO3/c1-10(9-15)14-13(16)7-6-11-4-3-5-12(8-11)17-2/h3-8,10,15H,9H2,1-2H3,(H,14,16)/t10-/m1/s1. The quantitative estimate of drug-likeness (QED) is 0.754. The van der Waals surface area contributed by atoms with Gasteiger partial charge in [-0.2, -0.15) is 0 Å². The minimum atomic E-state index is -0.238. The smallest absolute Gasteiger partial charge is 0.244 e. The van der Waals surface area contributed by atoms with Crippen LogP contribution in [-0.4, -0.2) is 30.8 Å². The number of hydrogen-bond acceptors (Lipinski definition) is 3. The van der Waals surface area contributed by atoms with E-state index in [-0.39, 0.29) is 18.6 Å². The van der Waals surface area contributed by atoms with Crippen molar-refractivity contribution in [2.24, 2.45) is 0 Å². The molecule has 0 unspecified atom stereocenters. The lowest BCUT2D eigenvalue weighted by Crippen LogP contribution is -2.33. The van der Waals surface area contributed by atoms with Gasteiger partial charge in [-0.05, 0) is 30.7 Å². The molecule has 0 fully saturated rings. The number of rotatable bonds is 5. The van der Waals surface area contributed by atoms with Gasteiger partial charge >= 0.3 is 0 Å². The molecule has 17 heavy (non-hydrogen) atoms. The van der Waals surface area contributed by atoms with Crippen LogP contribution in [0.1, 0.15) is 12.5 Å². The zero-order chi connectivity index (χ0) is 12.7. The molecule has 0 bridgehead atoms. The van der Waals surface area contributed by atoms with Gasteiger partial charge in [-0.15, -0.1) is 0 Å². The van der Waals surface area contributed by atoms with Crippen molar-refractivity contribution in [2.75, 3.05) is 13.7 Å². The zero-order valence-electron chi connectivity index (χ0n) is 10.0. The predicted molar refractivity (Wildman–Crippen MR) is 66.7 cm³/mol. The van der Waals surface area contributed by atoms with Crippen LogP contribution in [0.25, 0.3) is 6.08 Å². The lowest BCUT2D eigenvalue weighted by atomic mass is 10.2. The van der Waals surface area contributed by atoms with Gasteiger partial charge in [0.1, 0.15) is 5.75 Å². The molecule has 0 aliphatic rings. The van der Waals surface area contributed by atoms with E-state index in [1.807, 2.05) is 24.3 Å². The van der Waals surface area contributed by atoms with Crippen molar-refractivity contribution in [3.63, 3.8) is 0 Å². The molecular weight excluding hydrogens is 218 g/mol. The molecule has 1 rings (SSSR count). The third-order valence-electron chi connectivity index (χ3n) is 2.18. The Morgan fingerprint density at radius 2 is 2.35 bits per heavy atom. The summed E-state index contributed by atoms with van der Waals surface area (Å²) in [6, 6.07) is 7.16. The highest BCUT2D eigenvalue weighted by Crippen LogP contribution is 2.13. The topological polar surface area (TPSA) is 58.6 Å². The van der Waals surface area contributed by atoms with E-state index in [0.717, 1.165) is 11.3 Å². The van der Waals surface area contributed by atoms with Gasteiger partial charge in [0.2, 0.25) is 5.91 Å². The van der Waals surface area contributed by atoms with Crippen molar-refractivity contribution < 1.29 is 14.6 Å². The SMILES string of the molecule is COc1cccc(C=CC(=O)N[C@H](C)CO)c1. The first-order chi connectivity index (χ1) is 8.15. The van der Waals surface area contributed by atoms with Crippen LogP contribution in [0.4, 0.5) is 0 Å². The van der Waals surface area contributed by atoms with Crippen molar-refractivity contribution >= 4 is 12.0 Å². The summed E-state index contributed by atoms with van der Waals surface area (Å²) in [5, 5.41) is 11.4. The summed E-state index contributed by atoms with van der Waals surface area (Å²) in [5.74, 6) is 0.519. The number of amides is 1. The van der Waals surface area contributed by atoms with Gasteiger partial charge in [-0.3, -0.25) is 4.79 Å². The van der Waals surface area contributed by atoms with Crippen LogP contribution in [0.3, 0.4) is 0 Å². The molecule has 0 saturated heterocycles. The number of methoxy groups -OCH3 is 1. The first kappa shape index (κ1) is 13.3. The Balaban J connectivity index is 2.60. The molecule has 1 aromatic carbocycles. The van der Waals surface area contributed by atoms with E-state index in [1.54, 1.807) is 20.1 Å². The van der Waals surface area contributed by atoms with Gasteiger partial charge in [-0.25, -0.2) is 0 Å². The second-order valence-corrected chi connectivity index (χ2v) is 3.70. The molecular formula is C13H17NO3. The maximum atomic E-state index is 11.4. The molecule has 0 aliphatic carbocycles. The van der Waals surface area contributed by atoms with Crippen LogP contribution in [0.5, 0.6) is 5.75 Å². The van der Waals surface area contributed by atoms with Gasteiger partial charge in [-0.1, -0.05) is 12.1 Å². The summed E-state index contributed by atoms with van der Waals surface area (Å²) >= 11 is 0. The lowest BCUT2D eigenvalue weighted by molar-refractivity contribution is -0.117. The van der Waals surface area contributed by atoms with E-state index < -0.39 is 0 Å². The van der Waals surface area contributed by atoms with Gasteiger partial charge in [0.05, 0.1) is 13.7 Å². The van der Waals surface area contributed by atoms with Crippen molar-refractivity contribution in [2.45, 2.75) is 13.0 Å². The zero-order valence-corrected chi connectivity index (χ0v) is 10.0. The monoisotopic (exact) mass is 235 g/mol. The average molecular weight is 235 g/mol. The molecule has 4 nitrogen and oxygen atoms in total. The first-order valence-corrected chi connectivity index (χ1v) is 5.39. The fourth-order valence-electron chi connectivity index (χ4n) is 1.25. The Morgan fingerprint density at radius 3 is 3.00 bits per heavy atom. The first-order valence-electron chi connectivity index (χ1n) is 5.39. The van der Waals surface area contributed by atoms with E-state index in [1.165, 1.54) is 6.08 Å². The summed E-state index contributed by atoms with van der Waals surface area (Å²) in [6.07, 6.45) is 3.13. The molecule has 2 N–H and O–H groups in total. The van der Waals surface area contributed by atoms with Gasteiger partial charge in [0, 0.05) is 12.1 Å². The lowest BCUT2D eigenvalue weighted by Gasteiger charge is -2.07. The molecule has 1 atom stereocenters. The summed E-state index contributed by atoms with van der Waals surface area (Å²) < 4.78 is 5.08. The highest BCUT2D eigenvalue weighted by atomic mass is 16.5. The van der Waals surface area contributed by atoms with Gasteiger partial charge in [0.15, 0.2) is 0 Å². The number of hydrogen-bond donors (Lipinski definition) is 2. The fraction of sp³-hybridized carbons (Fsp3) is 0.308. The van der Waals surface area contributed by atoms with Gasteiger partial charge in [0.25, 0.3) is 0 Å². The molecule has 0 radical (unpaired) electrons. The van der Waals surface area contributed by atoms with E-state index in [9.17, 15) is 4.79 Å². The van der Waals surface area contributed by atoms with Crippen LogP contribution in [0.15, 0.2) is 30.3 Å². The van der Waals surface area contributed by atoms with E-state index in [2.05, 4.69) is 5.32 Å². The second kappa shape index (κ2) is 6.70. The van der Waals surface area contributed by atoms with Crippen molar-refractivity contribution in [3.8, 4) is 5.75 Å². The Kier molecular flexibility index (Phi) is 5.23. The molecule has 0 spiro atoms. The summed E-state index contributed by atoms with van der Waals surface area (Å²) in [5.41, 5.74) is 0.885. The van der Waals surface area contributed by atoms with Crippen molar-refractivity contribution in [3.05, 3.63) is 35.9 Å². The Labute approximate surface area is 101 Å². The number of benzene rings is 1. The van der Waals surface area contributed by atoms with Crippen molar-refractivity contribution in [1.82, 2.24) is 5.32 Å². The molecule has 0 heterocycles. The Hall–Kier alpha value is -1.81. The second-order valence-electron chi connectivity index (χ2n) is 3.70. The molecule has 92 valence electrons. The molecule has 1 aromatic rings. The number of aliphatic hydroxyl groups excluding tert-OH is 1. The van der Waals surface area contributed by atoms with Crippen LogP contribution in [-0.2, 0) is 4.79 Å². The van der Waals surface area contributed by atoms with Crippen LogP contribution in [0, 0.1) is 0 Å². The Bertz CT molecular complexity index is 401. The number of carbonyl (C=O) groups is 1. The maximum absolute atomic E-state index is 11.4. The molecule has 0 aliphatic heterocycles. The van der Waals surface area contributed by atoms with Crippen LogP contribution in [0.2, 0.25) is 0 Å². The normalized spacial score (nSPS) is 12.4. The van der Waals surface area contributed by atoms with Crippen LogP contribution < -0.4 is 10.1 Å². The Morgan fingerprint density at radius 1 is 1.59 bits per heavy atom. The highest BCUT2D eigenvalue weighted by Gasteiger charge is 2.01. The number of aliphatic hydroxyl groups is 1. The average Bonchev–Trinajstić information content (AvgIpc) is 2.36. The fourth-order valence-corrected chi connectivity index (χ4v) is 1.25. The maximum Gasteiger partial charge on any atom is 0.244 e. The minimum absolute atomic E-state index is 0.0707. The molecule has 4 heteroatoms. The predicted octanol–water partition coefficient (Wildman–Crippen LogP) is 1.21. The van der Waals surface area contributed by atoms with Gasteiger partial charge < -0.3 is 15.2 Å². The van der Waals surface area contributed by atoms with E-state index in [0.29, 0.717) is 0 Å². The number of nitrogens with one attached hydrogen (secondary N) is 1. The summed E-state index contributed by atoms with van der Waals surface area (Å²) in [6.45, 7) is 1.66. The minimum Gasteiger partial charge on any atom is -0.497 e. The third-order valence-corrected chi connectivity index (χ3v) is 2.18. The highest BCUT2D eigenvalue weighted by molar-refractivity contribution is 5.91. The van der Waals surface area contributed by atoms with E-state index >= 15 is 0 Å². The summed E-state index contributed by atoms with van der Waals surface area (Å²) in [7, 11) is 1.60.